The Morgan fingerprint density at radius 1 is 1.61 bits per heavy atom. The van der Waals surface area contributed by atoms with Gasteiger partial charge < -0.3 is 15.8 Å². The van der Waals surface area contributed by atoms with Crippen LogP contribution in [0.25, 0.3) is 0 Å². The van der Waals surface area contributed by atoms with Crippen molar-refractivity contribution in [2.45, 2.75) is 17.1 Å². The number of rotatable bonds is 6. The van der Waals surface area contributed by atoms with E-state index in [1.165, 1.54) is 23.9 Å². The zero-order valence-corrected chi connectivity index (χ0v) is 11.2. The van der Waals surface area contributed by atoms with Crippen molar-refractivity contribution in [3.05, 3.63) is 24.0 Å². The molecule has 1 aromatic rings. The van der Waals surface area contributed by atoms with Gasteiger partial charge in [-0.1, -0.05) is 0 Å². The summed E-state index contributed by atoms with van der Waals surface area (Å²) < 4.78 is 18.1. The van der Waals surface area contributed by atoms with Crippen LogP contribution in [0.15, 0.2) is 23.1 Å². The molecule has 1 atom stereocenters. The van der Waals surface area contributed by atoms with Gasteiger partial charge in [0.15, 0.2) is 0 Å². The fourth-order valence-corrected chi connectivity index (χ4v) is 2.18. The lowest BCUT2D eigenvalue weighted by molar-refractivity contribution is -0.120. The van der Waals surface area contributed by atoms with Crippen LogP contribution >= 0.6 is 11.8 Å². The van der Waals surface area contributed by atoms with Gasteiger partial charge in [0.2, 0.25) is 5.91 Å². The smallest absolute Gasteiger partial charge is 0.233 e. The molecule has 18 heavy (non-hydrogen) atoms. The molecule has 0 fully saturated rings. The topological polar surface area (TPSA) is 64.3 Å². The molecule has 0 bridgehead atoms. The molecule has 3 N–H and O–H groups in total. The molecule has 4 nitrogen and oxygen atoms in total. The lowest BCUT2D eigenvalue weighted by atomic mass is 10.3. The number of thioether (sulfide) groups is 1. The molecule has 0 aliphatic carbocycles. The van der Waals surface area contributed by atoms with E-state index in [2.05, 4.69) is 5.32 Å². The number of amides is 1. The van der Waals surface area contributed by atoms with Crippen molar-refractivity contribution in [2.24, 2.45) is 0 Å². The van der Waals surface area contributed by atoms with Crippen LogP contribution in [-0.4, -0.2) is 31.4 Å². The Hall–Kier alpha value is -1.27. The van der Waals surface area contributed by atoms with Crippen LogP contribution in [0.4, 0.5) is 10.1 Å². The number of nitrogens with one attached hydrogen (secondary N) is 1. The molecule has 1 aromatic carbocycles. The Bertz CT molecular complexity index is 415. The van der Waals surface area contributed by atoms with E-state index in [9.17, 15) is 9.18 Å². The quantitative estimate of drug-likeness (QED) is 0.469. The number of ether oxygens (including phenoxy) is 1. The molecule has 0 spiro atoms. The van der Waals surface area contributed by atoms with Gasteiger partial charge in [-0.2, -0.15) is 0 Å². The molecule has 0 saturated carbocycles. The summed E-state index contributed by atoms with van der Waals surface area (Å²) in [6, 6.07) is 4.52. The van der Waals surface area contributed by atoms with Gasteiger partial charge in [0.1, 0.15) is 5.82 Å². The van der Waals surface area contributed by atoms with Gasteiger partial charge >= 0.3 is 0 Å². The highest BCUT2D eigenvalue weighted by Gasteiger charge is 2.14. The number of hydrogen-bond donors (Lipinski definition) is 2. The van der Waals surface area contributed by atoms with Crippen molar-refractivity contribution in [3.8, 4) is 0 Å². The lowest BCUT2D eigenvalue weighted by Gasteiger charge is -2.12. The van der Waals surface area contributed by atoms with E-state index in [0.717, 1.165) is 0 Å². The Balaban J connectivity index is 2.50. The molecule has 0 aliphatic heterocycles. The monoisotopic (exact) mass is 272 g/mol. The van der Waals surface area contributed by atoms with Gasteiger partial charge in [0, 0.05) is 18.6 Å². The minimum atomic E-state index is -0.466. The fraction of sp³-hybridized carbons (Fsp3) is 0.417. The third kappa shape index (κ3) is 4.54. The molecule has 6 heteroatoms. The van der Waals surface area contributed by atoms with Gasteiger partial charge in [0.25, 0.3) is 0 Å². The molecule has 0 radical (unpaired) electrons. The van der Waals surface area contributed by atoms with Crippen LogP contribution in [0, 0.1) is 5.82 Å². The number of carbonyl (C=O) groups is 1. The number of nitrogens with two attached hydrogens (primary N) is 1. The molecular weight excluding hydrogens is 255 g/mol. The zero-order valence-electron chi connectivity index (χ0n) is 10.4. The summed E-state index contributed by atoms with van der Waals surface area (Å²) in [7, 11) is 1.57. The van der Waals surface area contributed by atoms with Crippen molar-refractivity contribution >= 4 is 23.4 Å². The van der Waals surface area contributed by atoms with Crippen molar-refractivity contribution < 1.29 is 13.9 Å². The van der Waals surface area contributed by atoms with Crippen LogP contribution in [0.2, 0.25) is 0 Å². The van der Waals surface area contributed by atoms with E-state index in [1.54, 1.807) is 20.1 Å². The first-order valence-corrected chi connectivity index (χ1v) is 6.41. The van der Waals surface area contributed by atoms with Crippen LogP contribution in [0.5, 0.6) is 0 Å². The van der Waals surface area contributed by atoms with Gasteiger partial charge in [-0.15, -0.1) is 11.8 Å². The molecule has 0 saturated heterocycles. The second-order valence-electron chi connectivity index (χ2n) is 3.73. The van der Waals surface area contributed by atoms with Gasteiger partial charge in [-0.25, -0.2) is 4.39 Å². The number of halogens is 1. The summed E-state index contributed by atoms with van der Waals surface area (Å²) in [6.45, 7) is 2.71. The predicted molar refractivity (Wildman–Crippen MR) is 71.0 cm³/mol. The minimum Gasteiger partial charge on any atom is -0.396 e. The maximum absolute atomic E-state index is 13.2. The average Bonchev–Trinajstić information content (AvgIpc) is 2.34. The molecule has 100 valence electrons. The summed E-state index contributed by atoms with van der Waals surface area (Å²) in [4.78, 5) is 12.3. The van der Waals surface area contributed by atoms with Crippen LogP contribution in [0.3, 0.4) is 0 Å². The SMILES string of the molecule is COCCNC(=O)C(C)Sc1ccc(N)c(F)c1. The number of carbonyl (C=O) groups excluding carboxylic acids is 1. The predicted octanol–water partition coefficient (Wildman–Crippen LogP) is 1.65. The summed E-state index contributed by atoms with van der Waals surface area (Å²) in [5.41, 5.74) is 5.49. The zero-order chi connectivity index (χ0) is 13.5. The second kappa shape index (κ2) is 7.23. The van der Waals surface area contributed by atoms with Crippen LogP contribution in [0.1, 0.15) is 6.92 Å². The average molecular weight is 272 g/mol. The van der Waals surface area contributed by atoms with E-state index >= 15 is 0 Å². The number of benzene rings is 1. The largest absolute Gasteiger partial charge is 0.396 e. The van der Waals surface area contributed by atoms with E-state index < -0.39 is 5.82 Å². The van der Waals surface area contributed by atoms with Crippen LogP contribution in [-0.2, 0) is 9.53 Å². The minimum absolute atomic E-state index is 0.103. The molecule has 1 unspecified atom stereocenters. The highest BCUT2D eigenvalue weighted by Crippen LogP contribution is 2.25. The van der Waals surface area contributed by atoms with E-state index in [0.29, 0.717) is 18.0 Å². The van der Waals surface area contributed by atoms with Crippen molar-refractivity contribution in [1.29, 1.82) is 0 Å². The molecular formula is C12H17FN2O2S. The third-order valence-electron chi connectivity index (χ3n) is 2.26. The Morgan fingerprint density at radius 3 is 2.94 bits per heavy atom. The normalized spacial score (nSPS) is 12.2. The molecule has 0 aliphatic rings. The highest BCUT2D eigenvalue weighted by atomic mass is 32.2. The first kappa shape index (κ1) is 14.8. The molecule has 0 heterocycles. The van der Waals surface area contributed by atoms with Gasteiger partial charge in [-0.05, 0) is 25.1 Å². The molecule has 1 rings (SSSR count). The van der Waals surface area contributed by atoms with Crippen molar-refractivity contribution in [3.63, 3.8) is 0 Å². The Morgan fingerprint density at radius 2 is 2.33 bits per heavy atom. The maximum Gasteiger partial charge on any atom is 0.233 e. The van der Waals surface area contributed by atoms with Gasteiger partial charge in [-0.3, -0.25) is 4.79 Å². The van der Waals surface area contributed by atoms with Crippen molar-refractivity contribution in [2.75, 3.05) is 26.0 Å². The summed E-state index contributed by atoms with van der Waals surface area (Å²) >= 11 is 1.28. The summed E-state index contributed by atoms with van der Waals surface area (Å²) in [6.07, 6.45) is 0. The highest BCUT2D eigenvalue weighted by molar-refractivity contribution is 8.00. The first-order chi connectivity index (χ1) is 8.54. The number of nitrogen functional groups attached to an aromatic ring is 1. The molecule has 1 amide bonds. The number of hydrogen-bond acceptors (Lipinski definition) is 4. The van der Waals surface area contributed by atoms with Crippen LogP contribution < -0.4 is 11.1 Å². The summed E-state index contributed by atoms with van der Waals surface area (Å²) in [5.74, 6) is -0.568. The molecule has 0 aromatic heterocycles. The standard InChI is InChI=1S/C12H17FN2O2S/c1-8(12(16)15-5-6-17-2)18-9-3-4-11(14)10(13)7-9/h3-4,7-8H,5-6,14H2,1-2H3,(H,15,16). The van der Waals surface area contributed by atoms with E-state index in [1.807, 2.05) is 0 Å². The number of methoxy groups -OCH3 is 1. The first-order valence-electron chi connectivity index (χ1n) is 5.53. The summed E-state index contributed by atoms with van der Waals surface area (Å²) in [5, 5.41) is 2.43. The Kier molecular flexibility index (Phi) is 5.94. The third-order valence-corrected chi connectivity index (χ3v) is 3.35. The fourth-order valence-electron chi connectivity index (χ4n) is 1.26. The number of anilines is 1. The maximum atomic E-state index is 13.2. The van der Waals surface area contributed by atoms with Crippen molar-refractivity contribution in [1.82, 2.24) is 5.32 Å². The van der Waals surface area contributed by atoms with E-state index in [-0.39, 0.29) is 16.8 Å². The lowest BCUT2D eigenvalue weighted by Crippen LogP contribution is -2.33. The Labute approximate surface area is 110 Å². The van der Waals surface area contributed by atoms with Gasteiger partial charge in [0.05, 0.1) is 17.5 Å². The van der Waals surface area contributed by atoms with E-state index in [4.69, 9.17) is 10.5 Å². The second-order valence-corrected chi connectivity index (χ2v) is 5.14.